The zero-order chi connectivity index (χ0) is 15.4. The molecule has 0 unspecified atom stereocenters. The van der Waals surface area contributed by atoms with Crippen LogP contribution < -0.4 is 5.32 Å². The van der Waals surface area contributed by atoms with Gasteiger partial charge >= 0.3 is 0 Å². The molecule has 0 aromatic heterocycles. The fraction of sp³-hybridized carbons (Fsp3) is 0.316. The summed E-state index contributed by atoms with van der Waals surface area (Å²) in [7, 11) is 0. The molecule has 0 saturated carbocycles. The van der Waals surface area contributed by atoms with Gasteiger partial charge in [0.05, 0.1) is 5.71 Å². The minimum Gasteiger partial charge on any atom is -0.411 e. The van der Waals surface area contributed by atoms with Gasteiger partial charge in [0.15, 0.2) is 0 Å². The fourth-order valence-corrected chi connectivity index (χ4v) is 3.42. The van der Waals surface area contributed by atoms with E-state index in [2.05, 4.69) is 65.9 Å². The second kappa shape index (κ2) is 6.75. The van der Waals surface area contributed by atoms with E-state index < -0.39 is 0 Å². The highest BCUT2D eigenvalue weighted by atomic mass is 16.4. The molecule has 1 fully saturated rings. The predicted molar refractivity (Wildman–Crippen MR) is 89.1 cm³/mol. The van der Waals surface area contributed by atoms with Crippen LogP contribution in [0.2, 0.25) is 0 Å². The molecule has 0 aliphatic carbocycles. The van der Waals surface area contributed by atoms with Crippen LogP contribution in [-0.2, 0) is 0 Å². The largest absolute Gasteiger partial charge is 0.411 e. The average molecular weight is 294 g/mol. The van der Waals surface area contributed by atoms with E-state index in [1.807, 2.05) is 12.1 Å². The van der Waals surface area contributed by atoms with Crippen molar-refractivity contribution in [3.05, 3.63) is 71.8 Å². The minimum absolute atomic E-state index is 0.177. The van der Waals surface area contributed by atoms with Gasteiger partial charge in [-0.05, 0) is 17.5 Å². The number of benzene rings is 2. The highest BCUT2D eigenvalue weighted by molar-refractivity contribution is 5.88. The van der Waals surface area contributed by atoms with Crippen LogP contribution in [0, 0.1) is 5.92 Å². The van der Waals surface area contributed by atoms with Crippen LogP contribution in [0.5, 0.6) is 0 Å². The van der Waals surface area contributed by atoms with Crippen molar-refractivity contribution in [3.8, 4) is 0 Å². The lowest BCUT2D eigenvalue weighted by Crippen LogP contribution is -2.42. The zero-order valence-corrected chi connectivity index (χ0v) is 12.8. The maximum atomic E-state index is 9.48. The van der Waals surface area contributed by atoms with Gasteiger partial charge in [0.2, 0.25) is 0 Å². The van der Waals surface area contributed by atoms with Crippen LogP contribution in [0.25, 0.3) is 0 Å². The molecule has 114 valence electrons. The van der Waals surface area contributed by atoms with E-state index in [0.717, 1.165) is 18.6 Å². The summed E-state index contributed by atoms with van der Waals surface area (Å²) in [5, 5.41) is 16.9. The maximum absolute atomic E-state index is 9.48. The summed E-state index contributed by atoms with van der Waals surface area (Å²) < 4.78 is 0. The third-order valence-electron chi connectivity index (χ3n) is 4.55. The van der Waals surface area contributed by atoms with Crippen molar-refractivity contribution in [2.24, 2.45) is 11.1 Å². The van der Waals surface area contributed by atoms with E-state index in [9.17, 15) is 5.21 Å². The van der Waals surface area contributed by atoms with Gasteiger partial charge in [-0.3, -0.25) is 0 Å². The third-order valence-corrected chi connectivity index (χ3v) is 4.55. The number of hydrogen-bond donors (Lipinski definition) is 2. The van der Waals surface area contributed by atoms with Crippen molar-refractivity contribution >= 4 is 5.71 Å². The van der Waals surface area contributed by atoms with E-state index >= 15 is 0 Å². The number of rotatable bonds is 3. The molecule has 1 aliphatic heterocycles. The summed E-state index contributed by atoms with van der Waals surface area (Å²) in [6.07, 6.45) is 1.70. The fourth-order valence-electron chi connectivity index (χ4n) is 3.42. The summed E-state index contributed by atoms with van der Waals surface area (Å²) in [5.41, 5.74) is 3.37. The van der Waals surface area contributed by atoms with Crippen LogP contribution >= 0.6 is 0 Å². The van der Waals surface area contributed by atoms with Crippen molar-refractivity contribution in [2.75, 3.05) is 0 Å². The number of hydrogen-bond acceptors (Lipinski definition) is 3. The molecule has 0 spiro atoms. The van der Waals surface area contributed by atoms with E-state index in [1.165, 1.54) is 11.1 Å². The Morgan fingerprint density at radius 2 is 1.59 bits per heavy atom. The maximum Gasteiger partial charge on any atom is 0.0639 e. The first-order valence-electron chi connectivity index (χ1n) is 7.90. The molecule has 2 N–H and O–H groups in total. The van der Waals surface area contributed by atoms with Crippen molar-refractivity contribution in [1.82, 2.24) is 5.32 Å². The molecule has 3 atom stereocenters. The van der Waals surface area contributed by atoms with Gasteiger partial charge in [-0.15, -0.1) is 0 Å². The second-order valence-corrected chi connectivity index (χ2v) is 5.83. The standard InChI is InChI=1S/C19H22N2O/c1-2-16-18(21-22)13-17(14-9-5-3-6-10-14)20-19(16)15-11-7-4-8-12-15/h3-12,16-17,19-20,22H,2,13H2,1H3/b21-18+/t16-,17-,19+/m1/s1. The molecule has 22 heavy (non-hydrogen) atoms. The van der Waals surface area contributed by atoms with Gasteiger partial charge in [-0.2, -0.15) is 0 Å². The number of nitrogens with one attached hydrogen (secondary N) is 1. The summed E-state index contributed by atoms with van der Waals surface area (Å²) in [4.78, 5) is 0. The van der Waals surface area contributed by atoms with Crippen LogP contribution in [0.3, 0.4) is 0 Å². The predicted octanol–water partition coefficient (Wildman–Crippen LogP) is 4.32. The van der Waals surface area contributed by atoms with Crippen molar-refractivity contribution in [2.45, 2.75) is 31.8 Å². The highest BCUT2D eigenvalue weighted by Gasteiger charge is 2.35. The Labute approximate surface area is 131 Å². The summed E-state index contributed by atoms with van der Waals surface area (Å²) in [5.74, 6) is 0.229. The second-order valence-electron chi connectivity index (χ2n) is 5.83. The first-order valence-corrected chi connectivity index (χ1v) is 7.90. The Morgan fingerprint density at radius 1 is 1.00 bits per heavy atom. The zero-order valence-electron chi connectivity index (χ0n) is 12.8. The summed E-state index contributed by atoms with van der Waals surface area (Å²) in [6, 6.07) is 21.2. The monoisotopic (exact) mass is 294 g/mol. The first-order chi connectivity index (χ1) is 10.8. The van der Waals surface area contributed by atoms with E-state index in [-0.39, 0.29) is 18.0 Å². The van der Waals surface area contributed by atoms with Crippen LogP contribution in [-0.4, -0.2) is 10.9 Å². The van der Waals surface area contributed by atoms with Crippen LogP contribution in [0.15, 0.2) is 65.8 Å². The van der Waals surface area contributed by atoms with Crippen LogP contribution in [0.4, 0.5) is 0 Å². The Hall–Kier alpha value is -2.13. The minimum atomic E-state index is 0.177. The quantitative estimate of drug-likeness (QED) is 0.654. The van der Waals surface area contributed by atoms with Gasteiger partial charge in [-0.25, -0.2) is 0 Å². The van der Waals surface area contributed by atoms with Gasteiger partial charge in [-0.1, -0.05) is 72.7 Å². The van der Waals surface area contributed by atoms with Gasteiger partial charge in [0.25, 0.3) is 0 Å². The molecule has 3 nitrogen and oxygen atoms in total. The van der Waals surface area contributed by atoms with E-state index in [4.69, 9.17) is 0 Å². The molecule has 1 heterocycles. The van der Waals surface area contributed by atoms with Crippen LogP contribution in [0.1, 0.15) is 43.0 Å². The third kappa shape index (κ3) is 2.90. The topological polar surface area (TPSA) is 44.6 Å². The Morgan fingerprint density at radius 3 is 2.14 bits per heavy atom. The molecule has 3 rings (SSSR count). The van der Waals surface area contributed by atoms with Crippen molar-refractivity contribution < 1.29 is 5.21 Å². The highest BCUT2D eigenvalue weighted by Crippen LogP contribution is 2.36. The van der Waals surface area contributed by atoms with Gasteiger partial charge < -0.3 is 10.5 Å². The molecule has 0 amide bonds. The number of oxime groups is 1. The Kier molecular flexibility index (Phi) is 4.54. The van der Waals surface area contributed by atoms with E-state index in [1.54, 1.807) is 0 Å². The lowest BCUT2D eigenvalue weighted by Gasteiger charge is -2.38. The summed E-state index contributed by atoms with van der Waals surface area (Å²) in [6.45, 7) is 2.15. The number of piperidine rings is 1. The Bertz CT molecular complexity index is 624. The number of nitrogens with zero attached hydrogens (tertiary/aromatic N) is 1. The SMILES string of the molecule is CC[C@@H]1/C(=N/O)C[C@H](c2ccccc2)N[C@H]1c1ccccc1. The molecule has 3 heteroatoms. The molecular weight excluding hydrogens is 272 g/mol. The van der Waals surface area contributed by atoms with Gasteiger partial charge in [0, 0.05) is 24.4 Å². The molecule has 1 aliphatic rings. The molecular formula is C19H22N2O. The normalized spacial score (nSPS) is 27.0. The molecule has 2 aromatic carbocycles. The lowest BCUT2D eigenvalue weighted by atomic mass is 9.79. The first kappa shape index (κ1) is 14.8. The average Bonchev–Trinajstić information content (AvgIpc) is 2.62. The van der Waals surface area contributed by atoms with Crippen molar-refractivity contribution in [3.63, 3.8) is 0 Å². The molecule has 1 saturated heterocycles. The van der Waals surface area contributed by atoms with Crippen molar-refractivity contribution in [1.29, 1.82) is 0 Å². The molecule has 0 radical (unpaired) electrons. The summed E-state index contributed by atoms with van der Waals surface area (Å²) >= 11 is 0. The van der Waals surface area contributed by atoms with Gasteiger partial charge in [0.1, 0.15) is 0 Å². The molecule has 2 aromatic rings. The Balaban J connectivity index is 1.95. The lowest BCUT2D eigenvalue weighted by molar-refractivity contribution is 0.287. The van der Waals surface area contributed by atoms with E-state index in [0.29, 0.717) is 0 Å². The smallest absolute Gasteiger partial charge is 0.0639 e. The molecule has 0 bridgehead atoms.